The summed E-state index contributed by atoms with van der Waals surface area (Å²) in [6.07, 6.45) is 4.40. The standard InChI is InChI=1S/C59H43NO2/c1-40(42-16-6-3-7-17-42)26-27-41(2)43-28-31-48(32-29-43)60(49-33-30-44-18-12-13-19-45(44)38-49)50-34-36-54-56(39-50)61-55-37-35-53-57(58(55)62-54)51-24-14-15-25-52(51)59(53,46-20-8-4-9-21-46)47-22-10-5-11-23-47/h3-39H,1-2H3/b40-26+,41-27+. The Morgan fingerprint density at radius 1 is 0.419 bits per heavy atom. The number of fused-ring (bicyclic) bond motifs is 7. The van der Waals surface area contributed by atoms with Crippen molar-refractivity contribution in [1.29, 1.82) is 0 Å². The Morgan fingerprint density at radius 2 is 0.968 bits per heavy atom. The van der Waals surface area contributed by atoms with E-state index in [1.807, 2.05) is 6.07 Å². The van der Waals surface area contributed by atoms with E-state index in [2.05, 4.69) is 237 Å². The minimum atomic E-state index is -0.529. The van der Waals surface area contributed by atoms with Gasteiger partial charge in [0.25, 0.3) is 0 Å². The van der Waals surface area contributed by atoms with Gasteiger partial charge in [0.2, 0.25) is 0 Å². The van der Waals surface area contributed by atoms with Gasteiger partial charge in [-0.3, -0.25) is 0 Å². The first-order valence-electron chi connectivity index (χ1n) is 21.2. The molecule has 0 saturated carbocycles. The summed E-state index contributed by atoms with van der Waals surface area (Å²) in [4.78, 5) is 2.29. The van der Waals surface area contributed by atoms with Crippen molar-refractivity contribution in [2.75, 3.05) is 4.90 Å². The summed E-state index contributed by atoms with van der Waals surface area (Å²) in [6, 6.07) is 75.5. The maximum atomic E-state index is 7.00. The van der Waals surface area contributed by atoms with E-state index in [9.17, 15) is 0 Å². The van der Waals surface area contributed by atoms with Crippen molar-refractivity contribution in [1.82, 2.24) is 0 Å². The molecule has 0 unspecified atom stereocenters. The summed E-state index contributed by atoms with van der Waals surface area (Å²) >= 11 is 0. The van der Waals surface area contributed by atoms with Crippen molar-refractivity contribution in [3.05, 3.63) is 258 Å². The lowest BCUT2D eigenvalue weighted by Gasteiger charge is -2.34. The quantitative estimate of drug-likeness (QED) is 0.143. The molecule has 0 bridgehead atoms. The number of anilines is 3. The third-order valence-electron chi connectivity index (χ3n) is 12.5. The molecule has 0 radical (unpaired) electrons. The zero-order valence-electron chi connectivity index (χ0n) is 34.6. The molecule has 11 rings (SSSR count). The van der Waals surface area contributed by atoms with Crippen LogP contribution in [0.4, 0.5) is 17.1 Å². The lowest BCUT2D eigenvalue weighted by molar-refractivity contribution is 0.360. The van der Waals surface area contributed by atoms with Crippen LogP contribution < -0.4 is 14.4 Å². The smallest absolute Gasteiger partial charge is 0.178 e. The number of ether oxygens (including phenoxy) is 2. The summed E-state index contributed by atoms with van der Waals surface area (Å²) in [5.74, 6) is 2.78. The highest BCUT2D eigenvalue weighted by Gasteiger charge is 2.48. The Morgan fingerprint density at radius 3 is 1.68 bits per heavy atom. The number of hydrogen-bond acceptors (Lipinski definition) is 3. The van der Waals surface area contributed by atoms with Gasteiger partial charge in [-0.05, 0) is 117 Å². The normalized spacial score (nSPS) is 13.6. The summed E-state index contributed by atoms with van der Waals surface area (Å²) < 4.78 is 13.9. The van der Waals surface area contributed by atoms with Crippen molar-refractivity contribution in [2.24, 2.45) is 0 Å². The molecule has 1 aliphatic heterocycles. The van der Waals surface area contributed by atoms with Crippen LogP contribution in [0.5, 0.6) is 23.0 Å². The number of allylic oxidation sites excluding steroid dienone is 4. The molecule has 0 amide bonds. The van der Waals surface area contributed by atoms with Crippen LogP contribution in [0.2, 0.25) is 0 Å². The second kappa shape index (κ2) is 15.3. The maximum absolute atomic E-state index is 7.00. The van der Waals surface area contributed by atoms with E-state index in [0.29, 0.717) is 17.2 Å². The first-order chi connectivity index (χ1) is 30.6. The fraction of sp³-hybridized carbons (Fsp3) is 0.0508. The first kappa shape index (κ1) is 37.1. The summed E-state index contributed by atoms with van der Waals surface area (Å²) in [5.41, 5.74) is 14.4. The average Bonchev–Trinajstić information content (AvgIpc) is 3.65. The van der Waals surface area contributed by atoms with E-state index in [0.717, 1.165) is 33.9 Å². The van der Waals surface area contributed by atoms with Crippen LogP contribution >= 0.6 is 0 Å². The summed E-state index contributed by atoms with van der Waals surface area (Å²) in [6.45, 7) is 4.32. The highest BCUT2D eigenvalue weighted by molar-refractivity contribution is 5.93. The third kappa shape index (κ3) is 6.21. The number of nitrogens with zero attached hydrogens (tertiary/aromatic N) is 1. The molecule has 2 aliphatic rings. The van der Waals surface area contributed by atoms with Gasteiger partial charge in [0.1, 0.15) is 0 Å². The molecule has 296 valence electrons. The molecule has 0 saturated heterocycles. The minimum Gasteiger partial charge on any atom is -0.449 e. The van der Waals surface area contributed by atoms with Crippen LogP contribution in [-0.2, 0) is 5.41 Å². The van der Waals surface area contributed by atoms with Crippen LogP contribution in [0.3, 0.4) is 0 Å². The Balaban J connectivity index is 0.987. The van der Waals surface area contributed by atoms with Gasteiger partial charge in [-0.25, -0.2) is 0 Å². The van der Waals surface area contributed by atoms with Gasteiger partial charge in [0.15, 0.2) is 23.0 Å². The van der Waals surface area contributed by atoms with Gasteiger partial charge >= 0.3 is 0 Å². The molecular formula is C59H43NO2. The maximum Gasteiger partial charge on any atom is 0.178 e. The van der Waals surface area contributed by atoms with Gasteiger partial charge in [-0.2, -0.15) is 0 Å². The van der Waals surface area contributed by atoms with Gasteiger partial charge in [0, 0.05) is 23.0 Å². The first-order valence-corrected chi connectivity index (χ1v) is 21.2. The van der Waals surface area contributed by atoms with E-state index in [1.54, 1.807) is 0 Å². The van der Waals surface area contributed by atoms with Crippen molar-refractivity contribution in [3.8, 4) is 34.1 Å². The minimum absolute atomic E-state index is 0.529. The Hall–Kier alpha value is -7.88. The summed E-state index contributed by atoms with van der Waals surface area (Å²) in [5, 5.41) is 2.37. The summed E-state index contributed by atoms with van der Waals surface area (Å²) in [7, 11) is 0. The zero-order valence-corrected chi connectivity index (χ0v) is 34.6. The molecule has 1 aliphatic carbocycles. The zero-order chi connectivity index (χ0) is 41.6. The predicted molar refractivity (Wildman–Crippen MR) is 256 cm³/mol. The Bertz CT molecular complexity index is 3150. The largest absolute Gasteiger partial charge is 0.449 e. The molecule has 0 spiro atoms. The van der Waals surface area contributed by atoms with Crippen molar-refractivity contribution < 1.29 is 9.47 Å². The van der Waals surface area contributed by atoms with E-state index in [-0.39, 0.29) is 0 Å². The molecule has 3 heteroatoms. The molecule has 0 fully saturated rings. The number of benzene rings is 9. The number of hydrogen-bond donors (Lipinski definition) is 0. The van der Waals surface area contributed by atoms with E-state index in [1.165, 1.54) is 55.3 Å². The van der Waals surface area contributed by atoms with Crippen LogP contribution in [0, 0.1) is 0 Å². The van der Waals surface area contributed by atoms with Gasteiger partial charge in [0.05, 0.1) is 11.1 Å². The number of rotatable bonds is 8. The van der Waals surface area contributed by atoms with Crippen molar-refractivity contribution in [2.45, 2.75) is 19.3 Å². The Labute approximate surface area is 363 Å². The van der Waals surface area contributed by atoms with Crippen molar-refractivity contribution in [3.63, 3.8) is 0 Å². The van der Waals surface area contributed by atoms with Crippen LogP contribution in [0.25, 0.3) is 33.0 Å². The van der Waals surface area contributed by atoms with Gasteiger partial charge in [-0.15, -0.1) is 0 Å². The monoisotopic (exact) mass is 797 g/mol. The molecule has 3 nitrogen and oxygen atoms in total. The highest BCUT2D eigenvalue weighted by Crippen LogP contribution is 2.62. The SMILES string of the molecule is C/C(=C\C=C(/C)c1ccc(N(c2ccc3c(c2)Oc2ccc4c(c2O3)-c2ccccc2C4(c2ccccc2)c2ccccc2)c2ccc3ccccc3c2)cc1)c1ccccc1. The topological polar surface area (TPSA) is 21.7 Å². The second-order valence-corrected chi connectivity index (χ2v) is 16.2. The van der Waals surface area contributed by atoms with Gasteiger partial charge in [-0.1, -0.05) is 176 Å². The fourth-order valence-corrected chi connectivity index (χ4v) is 9.47. The van der Waals surface area contributed by atoms with E-state index >= 15 is 0 Å². The van der Waals surface area contributed by atoms with Crippen LogP contribution in [0.1, 0.15) is 47.2 Å². The molecule has 1 heterocycles. The van der Waals surface area contributed by atoms with Crippen LogP contribution in [-0.4, -0.2) is 0 Å². The molecule has 0 N–H and O–H groups in total. The second-order valence-electron chi connectivity index (χ2n) is 16.2. The highest BCUT2D eigenvalue weighted by atomic mass is 16.6. The molecule has 0 aromatic heterocycles. The van der Waals surface area contributed by atoms with Crippen LogP contribution in [0.15, 0.2) is 224 Å². The average molecular weight is 798 g/mol. The lowest BCUT2D eigenvalue weighted by atomic mass is 9.68. The molecule has 9 aromatic carbocycles. The van der Waals surface area contributed by atoms with E-state index in [4.69, 9.17) is 9.47 Å². The Kier molecular flexibility index (Phi) is 9.17. The molecular weight excluding hydrogens is 755 g/mol. The van der Waals surface area contributed by atoms with E-state index < -0.39 is 5.41 Å². The third-order valence-corrected chi connectivity index (χ3v) is 12.5. The molecule has 62 heavy (non-hydrogen) atoms. The van der Waals surface area contributed by atoms with Crippen molar-refractivity contribution >= 4 is 39.0 Å². The molecule has 9 aromatic rings. The molecule has 0 atom stereocenters. The fourth-order valence-electron chi connectivity index (χ4n) is 9.47. The van der Waals surface area contributed by atoms with Gasteiger partial charge < -0.3 is 14.4 Å². The lowest BCUT2D eigenvalue weighted by Crippen LogP contribution is -2.28. The predicted octanol–water partition coefficient (Wildman–Crippen LogP) is 16.1.